The van der Waals surface area contributed by atoms with E-state index in [4.69, 9.17) is 11.7 Å². The zero-order valence-corrected chi connectivity index (χ0v) is 6.77. The monoisotopic (exact) mass is 150 g/mol. The van der Waals surface area contributed by atoms with Crippen molar-refractivity contribution in [3.8, 4) is 18.4 Å². The van der Waals surface area contributed by atoms with Crippen LogP contribution in [-0.2, 0) is 0 Å². The van der Waals surface area contributed by atoms with E-state index in [-0.39, 0.29) is 0 Å². The molecule has 0 aliphatic heterocycles. The Morgan fingerprint density at radius 3 is 2.64 bits per heavy atom. The maximum Gasteiger partial charge on any atom is 0.0635 e. The molecule has 0 fully saturated rings. The fourth-order valence-corrected chi connectivity index (χ4v) is 0.746. The second-order valence-electron chi connectivity index (χ2n) is 2.32. The first kappa shape index (κ1) is 10.0. The van der Waals surface area contributed by atoms with Crippen LogP contribution in [0.4, 0.5) is 0 Å². The number of nitriles is 1. The smallest absolute Gasteiger partial charge is 0.0635 e. The third-order valence-corrected chi connectivity index (χ3v) is 1.34. The van der Waals surface area contributed by atoms with Crippen molar-refractivity contribution in [3.05, 3.63) is 0 Å². The van der Waals surface area contributed by atoms with Gasteiger partial charge in [0, 0.05) is 19.4 Å². The predicted octanol–water partition coefficient (Wildman–Crippen LogP) is 1.29. The SMILES string of the molecule is C#CCCCCNCCC#N. The van der Waals surface area contributed by atoms with Crippen LogP contribution >= 0.6 is 0 Å². The van der Waals surface area contributed by atoms with Crippen LogP contribution in [0.2, 0.25) is 0 Å². The summed E-state index contributed by atoms with van der Waals surface area (Å²) in [6.07, 6.45) is 8.72. The normalized spacial score (nSPS) is 8.55. The largest absolute Gasteiger partial charge is 0.316 e. The predicted molar refractivity (Wildman–Crippen MR) is 45.8 cm³/mol. The van der Waals surface area contributed by atoms with Gasteiger partial charge in [0.2, 0.25) is 0 Å². The van der Waals surface area contributed by atoms with Gasteiger partial charge in [0.15, 0.2) is 0 Å². The molecule has 60 valence electrons. The molecule has 0 radical (unpaired) electrons. The van der Waals surface area contributed by atoms with Crippen molar-refractivity contribution in [2.45, 2.75) is 25.7 Å². The van der Waals surface area contributed by atoms with Crippen molar-refractivity contribution in [3.63, 3.8) is 0 Å². The third-order valence-electron chi connectivity index (χ3n) is 1.34. The summed E-state index contributed by atoms with van der Waals surface area (Å²) < 4.78 is 0. The van der Waals surface area contributed by atoms with Gasteiger partial charge in [0.1, 0.15) is 0 Å². The molecule has 1 N–H and O–H groups in total. The molecular weight excluding hydrogens is 136 g/mol. The van der Waals surface area contributed by atoms with Gasteiger partial charge in [-0.1, -0.05) is 0 Å². The van der Waals surface area contributed by atoms with E-state index in [1.165, 1.54) is 0 Å². The maximum absolute atomic E-state index is 8.19. The molecule has 0 unspecified atom stereocenters. The third kappa shape index (κ3) is 9.01. The van der Waals surface area contributed by atoms with Gasteiger partial charge in [0.05, 0.1) is 6.07 Å². The number of nitrogens with zero attached hydrogens (tertiary/aromatic N) is 1. The summed E-state index contributed by atoms with van der Waals surface area (Å²) in [6.45, 7) is 1.77. The fraction of sp³-hybridized carbons (Fsp3) is 0.667. The van der Waals surface area contributed by atoms with E-state index in [9.17, 15) is 0 Å². The number of terminal acetylenes is 1. The minimum absolute atomic E-state index is 0.592. The first-order valence-corrected chi connectivity index (χ1v) is 3.93. The Balaban J connectivity index is 2.82. The van der Waals surface area contributed by atoms with Crippen LogP contribution in [0, 0.1) is 23.7 Å². The number of unbranched alkanes of at least 4 members (excludes halogenated alkanes) is 2. The molecule has 0 spiro atoms. The fourth-order valence-electron chi connectivity index (χ4n) is 0.746. The molecule has 0 heterocycles. The average Bonchev–Trinajstić information content (AvgIpc) is 2.03. The van der Waals surface area contributed by atoms with Crippen molar-refractivity contribution in [1.82, 2.24) is 5.32 Å². The lowest BCUT2D eigenvalue weighted by atomic mass is 10.2. The van der Waals surface area contributed by atoms with Gasteiger partial charge in [0.25, 0.3) is 0 Å². The van der Waals surface area contributed by atoms with Crippen LogP contribution in [0.15, 0.2) is 0 Å². The Kier molecular flexibility index (Phi) is 8.20. The van der Waals surface area contributed by atoms with Crippen molar-refractivity contribution >= 4 is 0 Å². The molecule has 0 rings (SSSR count). The lowest BCUT2D eigenvalue weighted by molar-refractivity contribution is 0.635. The Morgan fingerprint density at radius 1 is 1.18 bits per heavy atom. The molecule has 0 aromatic heterocycles. The van der Waals surface area contributed by atoms with Crippen LogP contribution in [0.5, 0.6) is 0 Å². The lowest BCUT2D eigenvalue weighted by Gasteiger charge is -1.98. The first-order chi connectivity index (χ1) is 5.41. The highest BCUT2D eigenvalue weighted by Crippen LogP contribution is 1.90. The summed E-state index contributed by atoms with van der Waals surface area (Å²) >= 11 is 0. The number of hydrogen-bond donors (Lipinski definition) is 1. The zero-order chi connectivity index (χ0) is 8.36. The molecule has 0 saturated heterocycles. The van der Waals surface area contributed by atoms with Crippen LogP contribution in [-0.4, -0.2) is 13.1 Å². The van der Waals surface area contributed by atoms with Gasteiger partial charge >= 0.3 is 0 Å². The van der Waals surface area contributed by atoms with E-state index in [1.54, 1.807) is 0 Å². The molecule has 0 aromatic carbocycles. The first-order valence-electron chi connectivity index (χ1n) is 3.93. The standard InChI is InChI=1S/C9H14N2/c1-2-3-4-5-8-11-9-6-7-10/h1,11H,3-6,8-9H2. The van der Waals surface area contributed by atoms with Crippen LogP contribution in [0.3, 0.4) is 0 Å². The van der Waals surface area contributed by atoms with Crippen LogP contribution in [0.1, 0.15) is 25.7 Å². The van der Waals surface area contributed by atoms with Crippen molar-refractivity contribution in [1.29, 1.82) is 5.26 Å². The Bertz CT molecular complexity index is 132. The summed E-state index contributed by atoms with van der Waals surface area (Å²) in [7, 11) is 0. The molecule has 0 bridgehead atoms. The van der Waals surface area contributed by atoms with Crippen molar-refractivity contribution in [2.75, 3.05) is 13.1 Å². The molecule has 0 aliphatic rings. The van der Waals surface area contributed by atoms with Gasteiger partial charge in [-0.05, 0) is 19.4 Å². The molecule has 0 atom stereocenters. The van der Waals surface area contributed by atoms with E-state index in [1.807, 2.05) is 0 Å². The number of nitrogens with one attached hydrogen (secondary N) is 1. The van der Waals surface area contributed by atoms with E-state index < -0.39 is 0 Å². The molecule has 0 amide bonds. The van der Waals surface area contributed by atoms with Gasteiger partial charge in [-0.2, -0.15) is 5.26 Å². The quantitative estimate of drug-likeness (QED) is 0.457. The summed E-state index contributed by atoms with van der Waals surface area (Å²) in [5.74, 6) is 2.59. The molecule has 0 aromatic rings. The maximum atomic E-state index is 8.19. The van der Waals surface area contributed by atoms with Crippen LogP contribution < -0.4 is 5.32 Å². The second kappa shape index (κ2) is 9.01. The number of hydrogen-bond acceptors (Lipinski definition) is 2. The summed E-state index contributed by atoms with van der Waals surface area (Å²) in [6, 6.07) is 2.07. The average molecular weight is 150 g/mol. The molecule has 11 heavy (non-hydrogen) atoms. The molecule has 2 heteroatoms. The lowest BCUT2D eigenvalue weighted by Crippen LogP contribution is -2.15. The summed E-state index contributed by atoms with van der Waals surface area (Å²) in [5.41, 5.74) is 0. The van der Waals surface area contributed by atoms with Gasteiger partial charge in [-0.15, -0.1) is 12.3 Å². The minimum atomic E-state index is 0.592. The van der Waals surface area contributed by atoms with Gasteiger partial charge in [-0.3, -0.25) is 0 Å². The van der Waals surface area contributed by atoms with Gasteiger partial charge < -0.3 is 5.32 Å². The highest BCUT2D eigenvalue weighted by molar-refractivity contribution is 4.82. The Labute approximate surface area is 68.6 Å². The molecular formula is C9H14N2. The van der Waals surface area contributed by atoms with Gasteiger partial charge in [-0.25, -0.2) is 0 Å². The molecule has 2 nitrogen and oxygen atoms in total. The molecule has 0 aliphatic carbocycles. The Morgan fingerprint density at radius 2 is 2.00 bits per heavy atom. The van der Waals surface area contributed by atoms with E-state index in [2.05, 4.69) is 17.3 Å². The highest BCUT2D eigenvalue weighted by Gasteiger charge is 1.86. The van der Waals surface area contributed by atoms with Crippen molar-refractivity contribution < 1.29 is 0 Å². The zero-order valence-electron chi connectivity index (χ0n) is 6.77. The summed E-state index contributed by atoms with van der Waals surface area (Å²) in [4.78, 5) is 0. The van der Waals surface area contributed by atoms with E-state index in [0.717, 1.165) is 32.4 Å². The summed E-state index contributed by atoms with van der Waals surface area (Å²) in [5, 5.41) is 11.3. The van der Waals surface area contributed by atoms with Crippen molar-refractivity contribution in [2.24, 2.45) is 0 Å². The highest BCUT2D eigenvalue weighted by atomic mass is 14.8. The second-order valence-corrected chi connectivity index (χ2v) is 2.32. The molecule has 0 saturated carbocycles. The van der Waals surface area contributed by atoms with E-state index >= 15 is 0 Å². The van der Waals surface area contributed by atoms with Crippen LogP contribution in [0.25, 0.3) is 0 Å². The Hall–Kier alpha value is -0.990. The topological polar surface area (TPSA) is 35.8 Å². The van der Waals surface area contributed by atoms with E-state index in [0.29, 0.717) is 6.42 Å². The number of rotatable bonds is 6. The minimum Gasteiger partial charge on any atom is -0.316 e.